The van der Waals surface area contributed by atoms with Crippen molar-refractivity contribution in [1.82, 2.24) is 15.5 Å². The summed E-state index contributed by atoms with van der Waals surface area (Å²) >= 11 is 0. The highest BCUT2D eigenvalue weighted by Crippen LogP contribution is 2.12. The SMILES string of the molecule is CCN(CC)CCNC(=O)CCCNC(=O)C(C)(C)C. The summed E-state index contributed by atoms with van der Waals surface area (Å²) in [6, 6.07) is 0. The molecule has 0 aromatic carbocycles. The van der Waals surface area contributed by atoms with Crippen molar-refractivity contribution in [3.63, 3.8) is 0 Å². The second-order valence-electron chi connectivity index (χ2n) is 5.99. The van der Waals surface area contributed by atoms with Crippen LogP contribution in [-0.2, 0) is 9.59 Å². The molecule has 5 heteroatoms. The third kappa shape index (κ3) is 8.91. The quantitative estimate of drug-likeness (QED) is 0.629. The fourth-order valence-corrected chi connectivity index (χ4v) is 1.70. The minimum atomic E-state index is -0.369. The molecular formula is C15H31N3O2. The van der Waals surface area contributed by atoms with E-state index in [1.165, 1.54) is 0 Å². The summed E-state index contributed by atoms with van der Waals surface area (Å²) in [5.41, 5.74) is -0.369. The van der Waals surface area contributed by atoms with Crippen molar-refractivity contribution in [3.05, 3.63) is 0 Å². The fraction of sp³-hybridized carbons (Fsp3) is 0.867. The zero-order valence-electron chi connectivity index (χ0n) is 13.7. The Morgan fingerprint density at radius 1 is 1.00 bits per heavy atom. The molecule has 0 aromatic heterocycles. The monoisotopic (exact) mass is 285 g/mol. The van der Waals surface area contributed by atoms with E-state index in [0.29, 0.717) is 25.9 Å². The molecule has 0 fully saturated rings. The van der Waals surface area contributed by atoms with Crippen molar-refractivity contribution in [2.75, 3.05) is 32.7 Å². The van der Waals surface area contributed by atoms with Gasteiger partial charge in [-0.15, -0.1) is 0 Å². The number of carbonyl (C=O) groups is 2. The first kappa shape index (κ1) is 18.9. The Hall–Kier alpha value is -1.10. The lowest BCUT2D eigenvalue weighted by Crippen LogP contribution is -2.36. The van der Waals surface area contributed by atoms with Crippen LogP contribution in [0.15, 0.2) is 0 Å². The molecule has 0 aromatic rings. The summed E-state index contributed by atoms with van der Waals surface area (Å²) in [4.78, 5) is 25.5. The molecule has 5 nitrogen and oxygen atoms in total. The number of hydrogen-bond donors (Lipinski definition) is 2. The zero-order valence-corrected chi connectivity index (χ0v) is 13.7. The Morgan fingerprint density at radius 3 is 2.10 bits per heavy atom. The van der Waals surface area contributed by atoms with Crippen molar-refractivity contribution in [2.45, 2.75) is 47.5 Å². The summed E-state index contributed by atoms with van der Waals surface area (Å²) in [6.45, 7) is 14.0. The van der Waals surface area contributed by atoms with Gasteiger partial charge >= 0.3 is 0 Å². The predicted octanol–water partition coefficient (Wildman–Crippen LogP) is 1.39. The molecule has 0 radical (unpaired) electrons. The topological polar surface area (TPSA) is 61.4 Å². The average Bonchev–Trinajstić information content (AvgIpc) is 2.38. The summed E-state index contributed by atoms with van der Waals surface area (Å²) in [5.74, 6) is 0.0848. The van der Waals surface area contributed by atoms with E-state index in [4.69, 9.17) is 0 Å². The Kier molecular flexibility index (Phi) is 9.21. The molecule has 2 N–H and O–H groups in total. The van der Waals surface area contributed by atoms with E-state index in [0.717, 1.165) is 19.6 Å². The summed E-state index contributed by atoms with van der Waals surface area (Å²) < 4.78 is 0. The van der Waals surface area contributed by atoms with Crippen LogP contribution in [0, 0.1) is 5.41 Å². The number of nitrogens with zero attached hydrogens (tertiary/aromatic N) is 1. The zero-order chi connectivity index (χ0) is 15.6. The van der Waals surface area contributed by atoms with Gasteiger partial charge in [-0.25, -0.2) is 0 Å². The van der Waals surface area contributed by atoms with Crippen LogP contribution in [0.2, 0.25) is 0 Å². The number of amides is 2. The molecule has 2 amide bonds. The van der Waals surface area contributed by atoms with Gasteiger partial charge in [0.1, 0.15) is 0 Å². The molecular weight excluding hydrogens is 254 g/mol. The van der Waals surface area contributed by atoms with Gasteiger partial charge in [0.05, 0.1) is 0 Å². The first-order valence-corrected chi connectivity index (χ1v) is 7.58. The van der Waals surface area contributed by atoms with Crippen LogP contribution in [0.1, 0.15) is 47.5 Å². The summed E-state index contributed by atoms with van der Waals surface area (Å²) in [5, 5.41) is 5.75. The molecule has 0 unspecified atom stereocenters. The van der Waals surface area contributed by atoms with E-state index in [2.05, 4.69) is 29.4 Å². The number of nitrogens with one attached hydrogen (secondary N) is 2. The molecule has 0 bridgehead atoms. The maximum absolute atomic E-state index is 11.6. The Labute approximate surface area is 123 Å². The highest BCUT2D eigenvalue weighted by Gasteiger charge is 2.20. The lowest BCUT2D eigenvalue weighted by Gasteiger charge is -2.18. The Balaban J connectivity index is 3.62. The largest absolute Gasteiger partial charge is 0.356 e. The first-order chi connectivity index (χ1) is 9.31. The molecule has 0 heterocycles. The predicted molar refractivity (Wildman–Crippen MR) is 82.5 cm³/mol. The van der Waals surface area contributed by atoms with Crippen molar-refractivity contribution in [3.8, 4) is 0 Å². The molecule has 0 saturated heterocycles. The second kappa shape index (κ2) is 9.75. The van der Waals surface area contributed by atoms with Crippen molar-refractivity contribution in [1.29, 1.82) is 0 Å². The van der Waals surface area contributed by atoms with Gasteiger partial charge in [-0.2, -0.15) is 0 Å². The van der Waals surface area contributed by atoms with Crippen LogP contribution in [0.3, 0.4) is 0 Å². The van der Waals surface area contributed by atoms with Gasteiger partial charge in [-0.05, 0) is 19.5 Å². The molecule has 0 saturated carbocycles. The minimum Gasteiger partial charge on any atom is -0.356 e. The van der Waals surface area contributed by atoms with Crippen LogP contribution in [-0.4, -0.2) is 49.4 Å². The molecule has 0 spiro atoms. The highest BCUT2D eigenvalue weighted by atomic mass is 16.2. The van der Waals surface area contributed by atoms with Crippen LogP contribution >= 0.6 is 0 Å². The minimum absolute atomic E-state index is 0.0273. The van der Waals surface area contributed by atoms with Crippen LogP contribution in [0.5, 0.6) is 0 Å². The van der Waals surface area contributed by atoms with E-state index in [-0.39, 0.29) is 17.2 Å². The van der Waals surface area contributed by atoms with Crippen LogP contribution in [0.4, 0.5) is 0 Å². The van der Waals surface area contributed by atoms with E-state index < -0.39 is 0 Å². The van der Waals surface area contributed by atoms with Gasteiger partial charge in [0.25, 0.3) is 0 Å². The van der Waals surface area contributed by atoms with Gasteiger partial charge < -0.3 is 15.5 Å². The highest BCUT2D eigenvalue weighted by molar-refractivity contribution is 5.81. The fourth-order valence-electron chi connectivity index (χ4n) is 1.70. The molecule has 0 atom stereocenters. The van der Waals surface area contributed by atoms with Gasteiger partial charge in [0.2, 0.25) is 11.8 Å². The van der Waals surface area contributed by atoms with Crippen LogP contribution < -0.4 is 10.6 Å². The standard InChI is InChI=1S/C15H31N3O2/c1-6-18(7-2)12-11-16-13(19)9-8-10-17-14(20)15(3,4)5/h6-12H2,1-5H3,(H,16,19)(H,17,20). The smallest absolute Gasteiger partial charge is 0.225 e. The number of rotatable bonds is 9. The molecule has 20 heavy (non-hydrogen) atoms. The third-order valence-corrected chi connectivity index (χ3v) is 3.19. The number of hydrogen-bond acceptors (Lipinski definition) is 3. The number of likely N-dealkylation sites (N-methyl/N-ethyl adjacent to an activating group) is 1. The Bertz CT molecular complexity index is 294. The van der Waals surface area contributed by atoms with E-state index in [1.54, 1.807) is 0 Å². The van der Waals surface area contributed by atoms with Crippen molar-refractivity contribution in [2.24, 2.45) is 5.41 Å². The lowest BCUT2D eigenvalue weighted by molar-refractivity contribution is -0.128. The normalized spacial score (nSPS) is 11.5. The first-order valence-electron chi connectivity index (χ1n) is 7.58. The average molecular weight is 285 g/mol. The summed E-state index contributed by atoms with van der Waals surface area (Å²) in [7, 11) is 0. The molecule has 0 aliphatic carbocycles. The maximum atomic E-state index is 11.6. The molecule has 0 aliphatic rings. The molecule has 118 valence electrons. The van der Waals surface area contributed by atoms with Gasteiger partial charge in [0, 0.05) is 31.5 Å². The third-order valence-electron chi connectivity index (χ3n) is 3.19. The van der Waals surface area contributed by atoms with Crippen molar-refractivity contribution < 1.29 is 9.59 Å². The second-order valence-corrected chi connectivity index (χ2v) is 5.99. The summed E-state index contributed by atoms with van der Waals surface area (Å²) in [6.07, 6.45) is 1.14. The van der Waals surface area contributed by atoms with E-state index >= 15 is 0 Å². The molecule has 0 aliphatic heterocycles. The lowest BCUT2D eigenvalue weighted by atomic mass is 9.96. The van der Waals surface area contributed by atoms with Crippen molar-refractivity contribution >= 4 is 11.8 Å². The van der Waals surface area contributed by atoms with Gasteiger partial charge in [-0.1, -0.05) is 34.6 Å². The van der Waals surface area contributed by atoms with Gasteiger partial charge in [-0.3, -0.25) is 9.59 Å². The van der Waals surface area contributed by atoms with Crippen LogP contribution in [0.25, 0.3) is 0 Å². The van der Waals surface area contributed by atoms with E-state index in [1.807, 2.05) is 20.8 Å². The van der Waals surface area contributed by atoms with Gasteiger partial charge in [0.15, 0.2) is 0 Å². The molecule has 0 rings (SSSR count). The maximum Gasteiger partial charge on any atom is 0.225 e. The number of carbonyl (C=O) groups excluding carboxylic acids is 2. The van der Waals surface area contributed by atoms with E-state index in [9.17, 15) is 9.59 Å². The Morgan fingerprint density at radius 2 is 1.60 bits per heavy atom.